The van der Waals surface area contributed by atoms with Crippen LogP contribution < -0.4 is 5.43 Å². The molecule has 0 aromatic carbocycles. The third-order valence-electron chi connectivity index (χ3n) is 3.46. The summed E-state index contributed by atoms with van der Waals surface area (Å²) in [6, 6.07) is 0. The maximum Gasteiger partial charge on any atom is 0.237 e. The molecule has 0 bridgehead atoms. The number of rotatable bonds is 2. The van der Waals surface area contributed by atoms with E-state index < -0.39 is 0 Å². The van der Waals surface area contributed by atoms with Gasteiger partial charge in [-0.3, -0.25) is 10.2 Å². The summed E-state index contributed by atoms with van der Waals surface area (Å²) in [6.07, 6.45) is 4.45. The number of carbonyl (C=O) groups excluding carboxylic acids is 1. The van der Waals surface area contributed by atoms with Gasteiger partial charge in [0.15, 0.2) is 0 Å². The summed E-state index contributed by atoms with van der Waals surface area (Å²) in [5.41, 5.74) is 3.04. The molecule has 2 heterocycles. The Labute approximate surface area is 91.6 Å². The topological polar surface area (TPSA) is 35.6 Å². The summed E-state index contributed by atoms with van der Waals surface area (Å²) in [6.45, 7) is 4.16. The Bertz CT molecular complexity index is 218. The molecule has 2 saturated heterocycles. The molecule has 4 heteroatoms. The minimum absolute atomic E-state index is 0.238. The third-order valence-corrected chi connectivity index (χ3v) is 3.46. The highest BCUT2D eigenvalue weighted by molar-refractivity contribution is 5.78. The van der Waals surface area contributed by atoms with Gasteiger partial charge in [-0.25, -0.2) is 5.01 Å². The normalized spacial score (nSPS) is 25.7. The van der Waals surface area contributed by atoms with Crippen molar-refractivity contribution in [3.8, 4) is 0 Å². The Kier molecular flexibility index (Phi) is 3.59. The van der Waals surface area contributed by atoms with Crippen molar-refractivity contribution < 1.29 is 4.79 Å². The Balaban J connectivity index is 1.75. The molecule has 0 aromatic heterocycles. The second-order valence-electron chi connectivity index (χ2n) is 4.75. The van der Waals surface area contributed by atoms with Crippen LogP contribution in [-0.2, 0) is 4.79 Å². The van der Waals surface area contributed by atoms with Gasteiger partial charge in [0.2, 0.25) is 5.91 Å². The van der Waals surface area contributed by atoms with Crippen LogP contribution in [-0.4, -0.2) is 49.0 Å². The molecule has 0 unspecified atom stereocenters. The second-order valence-corrected chi connectivity index (χ2v) is 4.75. The Morgan fingerprint density at radius 1 is 1.13 bits per heavy atom. The summed E-state index contributed by atoms with van der Waals surface area (Å²) in [7, 11) is 2.12. The molecular formula is C11H21N3O. The zero-order valence-electron chi connectivity index (χ0n) is 9.54. The molecule has 0 spiro atoms. The zero-order valence-corrected chi connectivity index (χ0v) is 9.54. The van der Waals surface area contributed by atoms with E-state index in [0.29, 0.717) is 0 Å². The number of hydrogen-bond acceptors (Lipinski definition) is 3. The molecule has 2 aliphatic heterocycles. The second kappa shape index (κ2) is 4.94. The van der Waals surface area contributed by atoms with E-state index in [9.17, 15) is 4.79 Å². The van der Waals surface area contributed by atoms with Crippen molar-refractivity contribution in [2.24, 2.45) is 5.92 Å². The standard InChI is InChI=1S/C11H21N3O/c1-13-8-4-10(5-9-13)11(15)12-14-6-2-3-7-14/h10H,2-9H2,1H3,(H,12,15). The SMILES string of the molecule is CN1CCC(C(=O)NN2CCCC2)CC1. The lowest BCUT2D eigenvalue weighted by Crippen LogP contribution is -2.46. The maximum atomic E-state index is 11.9. The van der Waals surface area contributed by atoms with E-state index in [1.807, 2.05) is 0 Å². The van der Waals surface area contributed by atoms with Crippen molar-refractivity contribution in [3.05, 3.63) is 0 Å². The molecule has 15 heavy (non-hydrogen) atoms. The first-order valence-corrected chi connectivity index (χ1v) is 6.00. The van der Waals surface area contributed by atoms with Crippen molar-refractivity contribution in [1.82, 2.24) is 15.3 Å². The van der Waals surface area contributed by atoms with E-state index in [1.54, 1.807) is 0 Å². The lowest BCUT2D eigenvalue weighted by molar-refractivity contribution is -0.130. The number of hydrogen-bond donors (Lipinski definition) is 1. The molecule has 0 atom stereocenters. The molecular weight excluding hydrogens is 190 g/mol. The van der Waals surface area contributed by atoms with Gasteiger partial charge in [0, 0.05) is 19.0 Å². The minimum Gasteiger partial charge on any atom is -0.306 e. The van der Waals surface area contributed by atoms with Crippen molar-refractivity contribution in [3.63, 3.8) is 0 Å². The Hall–Kier alpha value is -0.610. The molecule has 0 radical (unpaired) electrons. The van der Waals surface area contributed by atoms with Crippen molar-refractivity contribution in [2.75, 3.05) is 33.2 Å². The van der Waals surface area contributed by atoms with Crippen LogP contribution in [0.15, 0.2) is 0 Å². The molecule has 2 rings (SSSR count). The van der Waals surface area contributed by atoms with Gasteiger partial charge in [0.25, 0.3) is 0 Å². The summed E-state index contributed by atoms with van der Waals surface area (Å²) in [4.78, 5) is 14.2. The van der Waals surface area contributed by atoms with Crippen LogP contribution in [0, 0.1) is 5.92 Å². The van der Waals surface area contributed by atoms with E-state index >= 15 is 0 Å². The Morgan fingerprint density at radius 3 is 2.33 bits per heavy atom. The number of amides is 1. The lowest BCUT2D eigenvalue weighted by atomic mass is 9.97. The highest BCUT2D eigenvalue weighted by Gasteiger charge is 2.25. The average molecular weight is 211 g/mol. The average Bonchev–Trinajstić information content (AvgIpc) is 2.71. The number of likely N-dealkylation sites (tertiary alicyclic amines) is 1. The van der Waals surface area contributed by atoms with Crippen LogP contribution in [0.25, 0.3) is 0 Å². The Morgan fingerprint density at radius 2 is 1.73 bits per heavy atom. The van der Waals surface area contributed by atoms with Crippen LogP contribution in [0.5, 0.6) is 0 Å². The van der Waals surface area contributed by atoms with Gasteiger partial charge in [-0.2, -0.15) is 0 Å². The van der Waals surface area contributed by atoms with Crippen LogP contribution in [0.2, 0.25) is 0 Å². The van der Waals surface area contributed by atoms with Gasteiger partial charge in [-0.15, -0.1) is 0 Å². The fourth-order valence-corrected chi connectivity index (χ4v) is 2.35. The van der Waals surface area contributed by atoms with Crippen LogP contribution in [0.3, 0.4) is 0 Å². The first kappa shape index (κ1) is 10.9. The smallest absolute Gasteiger partial charge is 0.237 e. The number of carbonyl (C=O) groups is 1. The molecule has 86 valence electrons. The fraction of sp³-hybridized carbons (Fsp3) is 0.909. The molecule has 4 nitrogen and oxygen atoms in total. The molecule has 0 saturated carbocycles. The molecule has 1 amide bonds. The van der Waals surface area contributed by atoms with E-state index in [4.69, 9.17) is 0 Å². The van der Waals surface area contributed by atoms with Gasteiger partial charge >= 0.3 is 0 Å². The predicted octanol–water partition coefficient (Wildman–Crippen LogP) is 0.455. The largest absolute Gasteiger partial charge is 0.306 e. The van der Waals surface area contributed by atoms with E-state index in [1.165, 1.54) is 12.8 Å². The van der Waals surface area contributed by atoms with Crippen molar-refractivity contribution >= 4 is 5.91 Å². The van der Waals surface area contributed by atoms with Crippen molar-refractivity contribution in [2.45, 2.75) is 25.7 Å². The number of piperidine rings is 1. The number of nitrogens with one attached hydrogen (secondary N) is 1. The minimum atomic E-state index is 0.238. The number of hydrazine groups is 1. The maximum absolute atomic E-state index is 11.9. The predicted molar refractivity (Wildman–Crippen MR) is 59.2 cm³/mol. The van der Waals surface area contributed by atoms with Gasteiger partial charge < -0.3 is 4.90 Å². The van der Waals surface area contributed by atoms with E-state index in [0.717, 1.165) is 39.0 Å². The molecule has 0 aliphatic carbocycles. The lowest BCUT2D eigenvalue weighted by Gasteiger charge is -2.29. The third kappa shape index (κ3) is 2.92. The molecule has 2 aliphatic rings. The van der Waals surface area contributed by atoms with Gasteiger partial charge in [0.1, 0.15) is 0 Å². The summed E-state index contributed by atoms with van der Waals surface area (Å²) in [5.74, 6) is 0.479. The first-order chi connectivity index (χ1) is 7.25. The molecule has 0 aromatic rings. The van der Waals surface area contributed by atoms with Gasteiger partial charge in [0.05, 0.1) is 0 Å². The fourth-order valence-electron chi connectivity index (χ4n) is 2.35. The van der Waals surface area contributed by atoms with Crippen LogP contribution in [0.1, 0.15) is 25.7 Å². The number of nitrogens with zero attached hydrogens (tertiary/aromatic N) is 2. The van der Waals surface area contributed by atoms with Crippen LogP contribution in [0.4, 0.5) is 0 Å². The zero-order chi connectivity index (χ0) is 10.7. The van der Waals surface area contributed by atoms with Gasteiger partial charge in [-0.1, -0.05) is 0 Å². The van der Waals surface area contributed by atoms with E-state index in [2.05, 4.69) is 22.4 Å². The molecule has 1 N–H and O–H groups in total. The summed E-state index contributed by atoms with van der Waals surface area (Å²) in [5, 5.41) is 2.07. The van der Waals surface area contributed by atoms with E-state index in [-0.39, 0.29) is 11.8 Å². The summed E-state index contributed by atoms with van der Waals surface area (Å²) < 4.78 is 0. The quantitative estimate of drug-likeness (QED) is 0.720. The highest BCUT2D eigenvalue weighted by Crippen LogP contribution is 2.16. The monoisotopic (exact) mass is 211 g/mol. The van der Waals surface area contributed by atoms with Crippen LogP contribution >= 0.6 is 0 Å². The van der Waals surface area contributed by atoms with Gasteiger partial charge in [-0.05, 0) is 45.8 Å². The summed E-state index contributed by atoms with van der Waals surface area (Å²) >= 11 is 0. The first-order valence-electron chi connectivity index (χ1n) is 6.00. The van der Waals surface area contributed by atoms with Crippen molar-refractivity contribution in [1.29, 1.82) is 0 Å². The highest BCUT2D eigenvalue weighted by atomic mass is 16.2. The molecule has 2 fully saturated rings.